The van der Waals surface area contributed by atoms with Crippen molar-refractivity contribution in [2.45, 2.75) is 72.1 Å². The SMILES string of the molecule is COC(=O)c1c(NC(=O)C2CCCCC2)sc2c1CCC(C(C)(C)C)C2. The van der Waals surface area contributed by atoms with Gasteiger partial charge in [0.25, 0.3) is 0 Å². The summed E-state index contributed by atoms with van der Waals surface area (Å²) < 4.78 is 5.04. The van der Waals surface area contributed by atoms with E-state index in [1.165, 1.54) is 18.4 Å². The number of fused-ring (bicyclic) bond motifs is 1. The van der Waals surface area contributed by atoms with E-state index in [-0.39, 0.29) is 23.2 Å². The van der Waals surface area contributed by atoms with E-state index in [0.717, 1.165) is 50.5 Å². The first-order valence-electron chi connectivity index (χ1n) is 9.85. The van der Waals surface area contributed by atoms with Crippen LogP contribution in [0, 0.1) is 17.3 Å². The molecule has 0 radical (unpaired) electrons. The highest BCUT2D eigenvalue weighted by Crippen LogP contribution is 2.44. The lowest BCUT2D eigenvalue weighted by atomic mass is 9.72. The largest absolute Gasteiger partial charge is 0.465 e. The molecule has 1 unspecified atom stereocenters. The number of thiophene rings is 1. The second-order valence-corrected chi connectivity index (χ2v) is 9.93. The fourth-order valence-electron chi connectivity index (χ4n) is 4.31. The van der Waals surface area contributed by atoms with Crippen LogP contribution >= 0.6 is 11.3 Å². The van der Waals surface area contributed by atoms with Gasteiger partial charge in [0.2, 0.25) is 5.91 Å². The Labute approximate surface area is 160 Å². The lowest BCUT2D eigenvalue weighted by molar-refractivity contribution is -0.120. The molecule has 1 saturated carbocycles. The highest BCUT2D eigenvalue weighted by atomic mass is 32.1. The van der Waals surface area contributed by atoms with Gasteiger partial charge in [-0.3, -0.25) is 4.79 Å². The van der Waals surface area contributed by atoms with Crippen molar-refractivity contribution < 1.29 is 14.3 Å². The molecule has 3 rings (SSSR count). The van der Waals surface area contributed by atoms with Crippen molar-refractivity contribution in [2.75, 3.05) is 12.4 Å². The van der Waals surface area contributed by atoms with Crippen molar-refractivity contribution in [1.82, 2.24) is 0 Å². The van der Waals surface area contributed by atoms with Gasteiger partial charge in [-0.2, -0.15) is 0 Å². The molecule has 4 nitrogen and oxygen atoms in total. The Kier molecular flexibility index (Phi) is 5.75. The smallest absolute Gasteiger partial charge is 0.341 e. The van der Waals surface area contributed by atoms with E-state index in [9.17, 15) is 9.59 Å². The number of anilines is 1. The van der Waals surface area contributed by atoms with Gasteiger partial charge in [-0.1, -0.05) is 40.0 Å². The van der Waals surface area contributed by atoms with Crippen LogP contribution < -0.4 is 5.32 Å². The number of carbonyl (C=O) groups excluding carboxylic acids is 2. The molecule has 0 aliphatic heterocycles. The van der Waals surface area contributed by atoms with Gasteiger partial charge in [-0.05, 0) is 49.0 Å². The summed E-state index contributed by atoms with van der Waals surface area (Å²) in [5, 5.41) is 3.79. The number of rotatable bonds is 3. The minimum Gasteiger partial charge on any atom is -0.465 e. The van der Waals surface area contributed by atoms with Crippen LogP contribution in [-0.2, 0) is 22.4 Å². The predicted octanol–water partition coefficient (Wildman–Crippen LogP) is 5.20. The zero-order valence-corrected chi connectivity index (χ0v) is 17.3. The first kappa shape index (κ1) is 19.4. The lowest BCUT2D eigenvalue weighted by Gasteiger charge is -2.33. The van der Waals surface area contributed by atoms with Gasteiger partial charge >= 0.3 is 5.97 Å². The maximum atomic E-state index is 12.7. The number of ether oxygens (including phenoxy) is 1. The molecule has 1 atom stereocenters. The summed E-state index contributed by atoms with van der Waals surface area (Å²) in [4.78, 5) is 26.4. The molecular formula is C21H31NO3S. The molecule has 2 aliphatic carbocycles. The zero-order valence-electron chi connectivity index (χ0n) is 16.4. The van der Waals surface area contributed by atoms with Crippen molar-refractivity contribution in [3.05, 3.63) is 16.0 Å². The summed E-state index contributed by atoms with van der Waals surface area (Å²) >= 11 is 1.59. The molecule has 26 heavy (non-hydrogen) atoms. The number of methoxy groups -OCH3 is 1. The summed E-state index contributed by atoms with van der Waals surface area (Å²) in [6.07, 6.45) is 8.32. The Morgan fingerprint density at radius 1 is 1.12 bits per heavy atom. The van der Waals surface area contributed by atoms with Crippen molar-refractivity contribution in [2.24, 2.45) is 17.3 Å². The van der Waals surface area contributed by atoms with E-state index in [2.05, 4.69) is 26.1 Å². The number of esters is 1. The van der Waals surface area contributed by atoms with E-state index in [1.54, 1.807) is 11.3 Å². The minimum atomic E-state index is -0.323. The topological polar surface area (TPSA) is 55.4 Å². The van der Waals surface area contributed by atoms with Crippen LogP contribution in [0.15, 0.2) is 0 Å². The van der Waals surface area contributed by atoms with Crippen molar-refractivity contribution in [3.63, 3.8) is 0 Å². The van der Waals surface area contributed by atoms with Gasteiger partial charge in [-0.15, -0.1) is 11.3 Å². The van der Waals surface area contributed by atoms with Gasteiger partial charge in [-0.25, -0.2) is 4.79 Å². The molecule has 0 saturated heterocycles. The summed E-state index contributed by atoms with van der Waals surface area (Å²) in [5.41, 5.74) is 1.95. The molecular weight excluding hydrogens is 346 g/mol. The number of hydrogen-bond donors (Lipinski definition) is 1. The van der Waals surface area contributed by atoms with Gasteiger partial charge in [0.05, 0.1) is 12.7 Å². The molecule has 5 heteroatoms. The molecule has 1 aromatic heterocycles. The van der Waals surface area contributed by atoms with E-state index in [1.807, 2.05) is 0 Å². The van der Waals surface area contributed by atoms with Crippen molar-refractivity contribution in [1.29, 1.82) is 0 Å². The fraction of sp³-hybridized carbons (Fsp3) is 0.714. The van der Waals surface area contributed by atoms with E-state index in [0.29, 0.717) is 16.5 Å². The second-order valence-electron chi connectivity index (χ2n) is 8.83. The maximum Gasteiger partial charge on any atom is 0.341 e. The lowest BCUT2D eigenvalue weighted by Crippen LogP contribution is -2.27. The highest BCUT2D eigenvalue weighted by Gasteiger charge is 2.34. The molecule has 0 spiro atoms. The molecule has 1 amide bonds. The zero-order chi connectivity index (χ0) is 18.9. The van der Waals surface area contributed by atoms with Gasteiger partial charge < -0.3 is 10.1 Å². The van der Waals surface area contributed by atoms with Crippen LogP contribution in [0.25, 0.3) is 0 Å². The second kappa shape index (κ2) is 7.71. The number of hydrogen-bond acceptors (Lipinski definition) is 4. The third-order valence-corrected chi connectivity index (χ3v) is 7.26. The first-order valence-corrected chi connectivity index (χ1v) is 10.7. The number of carbonyl (C=O) groups is 2. The van der Waals surface area contributed by atoms with E-state index >= 15 is 0 Å². The third kappa shape index (κ3) is 3.98. The summed E-state index contributed by atoms with van der Waals surface area (Å²) in [6.45, 7) is 6.84. The van der Waals surface area contributed by atoms with Crippen molar-refractivity contribution >= 4 is 28.2 Å². The third-order valence-electron chi connectivity index (χ3n) is 6.09. The monoisotopic (exact) mass is 377 g/mol. The Morgan fingerprint density at radius 3 is 2.42 bits per heavy atom. The maximum absolute atomic E-state index is 12.7. The minimum absolute atomic E-state index is 0.0702. The van der Waals surface area contributed by atoms with E-state index < -0.39 is 0 Å². The van der Waals surface area contributed by atoms with Crippen LogP contribution in [-0.4, -0.2) is 19.0 Å². The first-order chi connectivity index (χ1) is 12.3. The molecule has 1 fully saturated rings. The number of amides is 1. The molecule has 1 N–H and O–H groups in total. The molecule has 0 bridgehead atoms. The Bertz CT molecular complexity index is 680. The van der Waals surface area contributed by atoms with E-state index in [4.69, 9.17) is 4.74 Å². The Morgan fingerprint density at radius 2 is 1.81 bits per heavy atom. The Hall–Kier alpha value is -1.36. The molecule has 1 heterocycles. The quantitative estimate of drug-likeness (QED) is 0.736. The number of nitrogens with one attached hydrogen (secondary N) is 1. The van der Waals surface area contributed by atoms with Crippen LogP contribution in [0.5, 0.6) is 0 Å². The summed E-state index contributed by atoms with van der Waals surface area (Å²) in [7, 11) is 1.42. The average molecular weight is 378 g/mol. The molecule has 144 valence electrons. The fourth-order valence-corrected chi connectivity index (χ4v) is 5.63. The van der Waals surface area contributed by atoms with Gasteiger partial charge in [0.15, 0.2) is 0 Å². The summed E-state index contributed by atoms with van der Waals surface area (Å²) in [5.74, 6) is 0.424. The van der Waals surface area contributed by atoms with Crippen LogP contribution in [0.2, 0.25) is 0 Å². The average Bonchev–Trinajstić information content (AvgIpc) is 2.98. The standard InChI is InChI=1S/C21H31NO3S/c1-21(2,3)14-10-11-15-16(12-14)26-19(17(15)20(24)25-4)22-18(23)13-8-6-5-7-9-13/h13-14H,5-12H2,1-4H3,(H,22,23). The molecule has 2 aliphatic rings. The predicted molar refractivity (Wildman–Crippen MR) is 106 cm³/mol. The molecule has 0 aromatic carbocycles. The normalized spacial score (nSPS) is 21.2. The van der Waals surface area contributed by atoms with Crippen LogP contribution in [0.3, 0.4) is 0 Å². The Balaban J connectivity index is 1.86. The van der Waals surface area contributed by atoms with Crippen LogP contribution in [0.1, 0.15) is 80.1 Å². The summed E-state index contributed by atoms with van der Waals surface area (Å²) in [6, 6.07) is 0. The highest BCUT2D eigenvalue weighted by molar-refractivity contribution is 7.17. The van der Waals surface area contributed by atoms with Crippen LogP contribution in [0.4, 0.5) is 5.00 Å². The van der Waals surface area contributed by atoms with Crippen molar-refractivity contribution in [3.8, 4) is 0 Å². The van der Waals surface area contributed by atoms with Gasteiger partial charge in [0.1, 0.15) is 5.00 Å². The molecule has 1 aromatic rings. The van der Waals surface area contributed by atoms with Gasteiger partial charge in [0, 0.05) is 10.8 Å².